The molecule has 0 radical (unpaired) electrons. The zero-order valence-electron chi connectivity index (χ0n) is 17.6. The smallest absolute Gasteiger partial charge is 0.223 e. The van der Waals surface area contributed by atoms with Crippen LogP contribution in [-0.2, 0) is 4.79 Å². The van der Waals surface area contributed by atoms with Crippen LogP contribution in [0.25, 0.3) is 17.0 Å². The van der Waals surface area contributed by atoms with E-state index in [4.69, 9.17) is 21.1 Å². The lowest BCUT2D eigenvalue weighted by Gasteiger charge is -2.32. The lowest BCUT2D eigenvalue weighted by Crippen LogP contribution is -2.41. The number of furan rings is 1. The van der Waals surface area contributed by atoms with E-state index in [1.54, 1.807) is 10.8 Å². The van der Waals surface area contributed by atoms with E-state index in [-0.39, 0.29) is 17.9 Å². The Hall–Kier alpha value is -3.39. The van der Waals surface area contributed by atoms with Crippen molar-refractivity contribution in [3.8, 4) is 11.4 Å². The molecule has 1 N–H and O–H groups in total. The first-order valence-electron chi connectivity index (χ1n) is 10.7. The third kappa shape index (κ3) is 4.05. The van der Waals surface area contributed by atoms with Gasteiger partial charge in [0.15, 0.2) is 11.5 Å². The monoisotopic (exact) mass is 450 g/mol. The minimum atomic E-state index is -0.139. The molecule has 4 heterocycles. The number of aromatic nitrogens is 4. The normalized spacial score (nSPS) is 15.8. The molecule has 1 atom stereocenters. The van der Waals surface area contributed by atoms with Crippen molar-refractivity contribution >= 4 is 29.0 Å². The highest BCUT2D eigenvalue weighted by molar-refractivity contribution is 6.30. The summed E-state index contributed by atoms with van der Waals surface area (Å²) >= 11 is 6.01. The molecule has 1 aliphatic heterocycles. The second kappa shape index (κ2) is 8.63. The predicted molar refractivity (Wildman–Crippen MR) is 121 cm³/mol. The van der Waals surface area contributed by atoms with Gasteiger partial charge < -0.3 is 14.6 Å². The molecule has 1 aromatic carbocycles. The summed E-state index contributed by atoms with van der Waals surface area (Å²) in [7, 11) is 0. The first kappa shape index (κ1) is 20.5. The first-order chi connectivity index (χ1) is 15.6. The summed E-state index contributed by atoms with van der Waals surface area (Å²) in [5.41, 5.74) is 1.58. The van der Waals surface area contributed by atoms with Gasteiger partial charge in [0, 0.05) is 29.6 Å². The van der Waals surface area contributed by atoms with E-state index in [1.807, 2.05) is 55.5 Å². The molecule has 1 amide bonds. The average Bonchev–Trinajstić information content (AvgIpc) is 3.50. The minimum absolute atomic E-state index is 0.0214. The standard InChI is InChI=1S/C23H23ClN6O2/c1-15(19-3-2-14-32-19)25-23(31)17-10-12-29(13-11-17)21-9-8-20-26-27-22(30(20)28-21)16-4-6-18(24)7-5-16/h2-9,14-15,17H,10-13H2,1H3,(H,25,31)/t15-/m1/s1. The average molecular weight is 451 g/mol. The lowest BCUT2D eigenvalue weighted by molar-refractivity contribution is -0.126. The second-order valence-electron chi connectivity index (χ2n) is 8.00. The van der Waals surface area contributed by atoms with E-state index in [0.29, 0.717) is 16.5 Å². The number of halogens is 1. The summed E-state index contributed by atoms with van der Waals surface area (Å²) in [6, 6.07) is 14.9. The number of amides is 1. The fourth-order valence-electron chi connectivity index (χ4n) is 4.04. The molecule has 5 rings (SSSR count). The topological polar surface area (TPSA) is 88.6 Å². The summed E-state index contributed by atoms with van der Waals surface area (Å²) in [6.45, 7) is 3.44. The fraction of sp³-hybridized carbons (Fsp3) is 0.304. The van der Waals surface area contributed by atoms with Crippen molar-refractivity contribution in [1.29, 1.82) is 0 Å². The van der Waals surface area contributed by atoms with Gasteiger partial charge in [0.1, 0.15) is 11.6 Å². The Morgan fingerprint density at radius 3 is 2.62 bits per heavy atom. The molecule has 1 saturated heterocycles. The Morgan fingerprint density at radius 1 is 1.12 bits per heavy atom. The minimum Gasteiger partial charge on any atom is -0.467 e. The highest BCUT2D eigenvalue weighted by Crippen LogP contribution is 2.25. The molecule has 0 spiro atoms. The van der Waals surface area contributed by atoms with Crippen LogP contribution in [0, 0.1) is 5.92 Å². The Kier molecular flexibility index (Phi) is 5.53. The number of piperidine rings is 1. The van der Waals surface area contributed by atoms with E-state index < -0.39 is 0 Å². The van der Waals surface area contributed by atoms with Gasteiger partial charge in [0.2, 0.25) is 5.91 Å². The van der Waals surface area contributed by atoms with Gasteiger partial charge in [-0.25, -0.2) is 0 Å². The molecular weight excluding hydrogens is 428 g/mol. The van der Waals surface area contributed by atoms with Crippen molar-refractivity contribution in [2.75, 3.05) is 18.0 Å². The summed E-state index contributed by atoms with van der Waals surface area (Å²) in [4.78, 5) is 14.9. The number of hydrogen-bond donors (Lipinski definition) is 1. The van der Waals surface area contributed by atoms with Crippen LogP contribution >= 0.6 is 11.6 Å². The maximum absolute atomic E-state index is 12.7. The van der Waals surface area contributed by atoms with Gasteiger partial charge in [0.25, 0.3) is 0 Å². The SMILES string of the molecule is C[C@@H](NC(=O)C1CCN(c2ccc3nnc(-c4ccc(Cl)cc4)n3n2)CC1)c1ccco1. The Balaban J connectivity index is 1.27. The zero-order valence-corrected chi connectivity index (χ0v) is 18.4. The maximum Gasteiger partial charge on any atom is 0.223 e. The van der Waals surface area contributed by atoms with Gasteiger partial charge in [-0.3, -0.25) is 4.79 Å². The van der Waals surface area contributed by atoms with Gasteiger partial charge in [-0.05, 0) is 68.3 Å². The van der Waals surface area contributed by atoms with Crippen LogP contribution < -0.4 is 10.2 Å². The van der Waals surface area contributed by atoms with Crippen LogP contribution in [-0.4, -0.2) is 38.8 Å². The van der Waals surface area contributed by atoms with Crippen molar-refractivity contribution < 1.29 is 9.21 Å². The van der Waals surface area contributed by atoms with Crippen molar-refractivity contribution in [2.45, 2.75) is 25.8 Å². The number of carbonyl (C=O) groups excluding carboxylic acids is 1. The van der Waals surface area contributed by atoms with Crippen LogP contribution in [0.15, 0.2) is 59.2 Å². The predicted octanol–water partition coefficient (Wildman–Crippen LogP) is 4.13. The summed E-state index contributed by atoms with van der Waals surface area (Å²) in [6.07, 6.45) is 3.15. The van der Waals surface area contributed by atoms with Gasteiger partial charge in [-0.1, -0.05) is 11.6 Å². The van der Waals surface area contributed by atoms with Crippen molar-refractivity contribution in [1.82, 2.24) is 25.1 Å². The number of rotatable bonds is 5. The van der Waals surface area contributed by atoms with Gasteiger partial charge in [-0.15, -0.1) is 15.3 Å². The quantitative estimate of drug-likeness (QED) is 0.491. The maximum atomic E-state index is 12.7. The van der Waals surface area contributed by atoms with Crippen molar-refractivity contribution in [3.05, 3.63) is 65.6 Å². The fourth-order valence-corrected chi connectivity index (χ4v) is 4.16. The number of benzene rings is 1. The Labute approximate surface area is 190 Å². The van der Waals surface area contributed by atoms with Crippen LogP contribution in [0.3, 0.4) is 0 Å². The molecule has 0 unspecified atom stereocenters. The van der Waals surface area contributed by atoms with Crippen molar-refractivity contribution in [2.24, 2.45) is 5.92 Å². The van der Waals surface area contributed by atoms with Crippen LogP contribution in [0.1, 0.15) is 31.6 Å². The van der Waals surface area contributed by atoms with E-state index >= 15 is 0 Å². The van der Waals surface area contributed by atoms with Gasteiger partial charge in [-0.2, -0.15) is 4.52 Å². The molecule has 9 heteroatoms. The van der Waals surface area contributed by atoms with Crippen LogP contribution in [0.5, 0.6) is 0 Å². The number of carbonyl (C=O) groups is 1. The van der Waals surface area contributed by atoms with Crippen LogP contribution in [0.2, 0.25) is 5.02 Å². The Bertz CT molecular complexity index is 1210. The lowest BCUT2D eigenvalue weighted by atomic mass is 9.95. The number of nitrogens with one attached hydrogen (secondary N) is 1. The summed E-state index contributed by atoms with van der Waals surface area (Å²) < 4.78 is 7.14. The largest absolute Gasteiger partial charge is 0.467 e. The van der Waals surface area contributed by atoms with Crippen LogP contribution in [0.4, 0.5) is 5.82 Å². The molecule has 1 aliphatic rings. The molecule has 0 bridgehead atoms. The number of nitrogens with zero attached hydrogens (tertiary/aromatic N) is 5. The Morgan fingerprint density at radius 2 is 1.91 bits per heavy atom. The van der Waals surface area contributed by atoms with Gasteiger partial charge in [0.05, 0.1) is 12.3 Å². The molecular formula is C23H23ClN6O2. The molecule has 4 aromatic rings. The third-order valence-electron chi connectivity index (χ3n) is 5.87. The highest BCUT2D eigenvalue weighted by Gasteiger charge is 2.27. The molecule has 32 heavy (non-hydrogen) atoms. The third-order valence-corrected chi connectivity index (χ3v) is 6.12. The molecule has 0 saturated carbocycles. The molecule has 1 fully saturated rings. The number of anilines is 1. The summed E-state index contributed by atoms with van der Waals surface area (Å²) in [5, 5.41) is 17.0. The molecule has 3 aromatic heterocycles. The summed E-state index contributed by atoms with van der Waals surface area (Å²) in [5.74, 6) is 2.32. The number of fused-ring (bicyclic) bond motifs is 1. The van der Waals surface area contributed by atoms with E-state index in [2.05, 4.69) is 20.4 Å². The molecule has 164 valence electrons. The highest BCUT2D eigenvalue weighted by atomic mass is 35.5. The van der Waals surface area contributed by atoms with E-state index in [9.17, 15) is 4.79 Å². The molecule has 8 nitrogen and oxygen atoms in total. The van der Waals surface area contributed by atoms with Gasteiger partial charge >= 0.3 is 0 Å². The first-order valence-corrected chi connectivity index (χ1v) is 11.0. The van der Waals surface area contributed by atoms with E-state index in [0.717, 1.165) is 43.1 Å². The van der Waals surface area contributed by atoms with Crippen molar-refractivity contribution in [3.63, 3.8) is 0 Å². The molecule has 0 aliphatic carbocycles. The number of hydrogen-bond acceptors (Lipinski definition) is 6. The zero-order chi connectivity index (χ0) is 22.1. The van der Waals surface area contributed by atoms with E-state index in [1.165, 1.54) is 0 Å². The second-order valence-corrected chi connectivity index (χ2v) is 8.44.